The molecule has 0 aliphatic carbocycles. The first-order valence-electron chi connectivity index (χ1n) is 15.3. The maximum atomic E-state index is 14.8. The van der Waals surface area contributed by atoms with Gasteiger partial charge in [0.25, 0.3) is 5.91 Å². The van der Waals surface area contributed by atoms with E-state index in [1.807, 2.05) is 54.3 Å². The minimum Gasteiger partial charge on any atom is -0.396 e. The van der Waals surface area contributed by atoms with Crippen molar-refractivity contribution in [2.24, 2.45) is 11.8 Å². The minimum atomic E-state index is -0.664. The van der Waals surface area contributed by atoms with Crippen molar-refractivity contribution in [3.63, 3.8) is 0 Å². The van der Waals surface area contributed by atoms with Crippen molar-refractivity contribution in [1.29, 1.82) is 0 Å². The second kappa shape index (κ2) is 13.0. The molecule has 42 heavy (non-hydrogen) atoms. The quantitative estimate of drug-likeness (QED) is 0.247. The van der Waals surface area contributed by atoms with E-state index in [4.69, 9.17) is 0 Å². The summed E-state index contributed by atoms with van der Waals surface area (Å²) in [6, 6.07) is 13.4. The largest absolute Gasteiger partial charge is 0.396 e. The molecule has 3 aliphatic rings. The van der Waals surface area contributed by atoms with Crippen LogP contribution in [0.5, 0.6) is 0 Å². The number of aliphatic hydroxyl groups is 1. The summed E-state index contributed by atoms with van der Waals surface area (Å²) in [5.41, 5.74) is 0.774. The van der Waals surface area contributed by atoms with Crippen LogP contribution < -0.4 is 4.90 Å². The van der Waals surface area contributed by atoms with Crippen molar-refractivity contribution in [2.75, 3.05) is 37.7 Å². The lowest BCUT2D eigenvalue weighted by Gasteiger charge is -2.37. The van der Waals surface area contributed by atoms with Gasteiger partial charge in [0.1, 0.15) is 6.04 Å². The van der Waals surface area contributed by atoms with Crippen LogP contribution in [0.25, 0.3) is 10.8 Å². The highest BCUT2D eigenvalue weighted by Gasteiger charge is 2.74. The maximum absolute atomic E-state index is 14.8. The average Bonchev–Trinajstić information content (AvgIpc) is 3.64. The van der Waals surface area contributed by atoms with E-state index in [0.29, 0.717) is 39.0 Å². The van der Waals surface area contributed by atoms with E-state index in [9.17, 15) is 19.5 Å². The summed E-state index contributed by atoms with van der Waals surface area (Å²) in [4.78, 5) is 48.6. The standard InChI is InChI=1S/C34H43N3O4S/c1-4-18-35(19-5-2)31(39)28-27-16-17-34(42-27)29(28)32(40)37(21-10-7-11-22-38)30(34)33(41)36(20-6-3)26-15-14-24-12-8-9-13-25(24)23-26/h4,6,8-9,12-15,23,27-30,38H,1,3,5,7,10-11,16-22H2,2H3/t27-,28+,29+,30?,34?/m1/s1. The molecule has 3 amide bonds. The van der Waals surface area contributed by atoms with Crippen LogP contribution in [-0.4, -0.2) is 81.5 Å². The predicted octanol–water partition coefficient (Wildman–Crippen LogP) is 5.04. The van der Waals surface area contributed by atoms with E-state index in [2.05, 4.69) is 13.2 Å². The molecule has 3 fully saturated rings. The zero-order valence-electron chi connectivity index (χ0n) is 24.6. The molecule has 3 saturated heterocycles. The molecular formula is C34H43N3O4S. The van der Waals surface area contributed by atoms with Crippen LogP contribution in [0, 0.1) is 11.8 Å². The first kappa shape index (κ1) is 30.4. The lowest BCUT2D eigenvalue weighted by molar-refractivity contribution is -0.143. The number of nitrogens with zero attached hydrogens (tertiary/aromatic N) is 3. The fourth-order valence-corrected chi connectivity index (χ4v) is 9.60. The van der Waals surface area contributed by atoms with Crippen molar-refractivity contribution in [2.45, 2.75) is 61.5 Å². The first-order valence-corrected chi connectivity index (χ1v) is 16.2. The summed E-state index contributed by atoms with van der Waals surface area (Å²) >= 11 is 1.71. The molecule has 2 bridgehead atoms. The lowest BCUT2D eigenvalue weighted by Crippen LogP contribution is -2.55. The molecule has 224 valence electrons. The highest BCUT2D eigenvalue weighted by Crippen LogP contribution is 2.66. The minimum absolute atomic E-state index is 0.0139. The summed E-state index contributed by atoms with van der Waals surface area (Å²) in [5.74, 6) is -1.13. The van der Waals surface area contributed by atoms with Crippen LogP contribution in [-0.2, 0) is 14.4 Å². The fraction of sp³-hybridized carbons (Fsp3) is 0.500. The number of unbranched alkanes of at least 4 members (excludes halogenated alkanes) is 2. The number of hydrogen-bond donors (Lipinski definition) is 1. The number of aliphatic hydroxyl groups excluding tert-OH is 1. The van der Waals surface area contributed by atoms with Crippen molar-refractivity contribution in [3.05, 3.63) is 67.8 Å². The molecule has 2 aromatic rings. The molecular weight excluding hydrogens is 546 g/mol. The Labute approximate surface area is 253 Å². The molecule has 3 heterocycles. The van der Waals surface area contributed by atoms with E-state index in [-0.39, 0.29) is 29.6 Å². The topological polar surface area (TPSA) is 81.2 Å². The number of anilines is 1. The van der Waals surface area contributed by atoms with Crippen molar-refractivity contribution < 1.29 is 19.5 Å². The molecule has 0 radical (unpaired) electrons. The number of hydrogen-bond acceptors (Lipinski definition) is 5. The highest BCUT2D eigenvalue weighted by atomic mass is 32.2. The van der Waals surface area contributed by atoms with E-state index >= 15 is 0 Å². The molecule has 0 saturated carbocycles. The number of carbonyl (C=O) groups excluding carboxylic acids is 3. The SMILES string of the molecule is C=CCN(CCC)C(=O)[C@@H]1[C@H]2C(=O)N(CCCCCO)C(C(=O)N(CC=C)c3ccc4ccccc4c3)C23CC[C@H]1S3. The van der Waals surface area contributed by atoms with Gasteiger partial charge in [0.2, 0.25) is 11.8 Å². The molecule has 7 nitrogen and oxygen atoms in total. The third-order valence-electron chi connectivity index (χ3n) is 9.15. The van der Waals surface area contributed by atoms with Gasteiger partial charge < -0.3 is 19.8 Å². The molecule has 0 aromatic heterocycles. The Hall–Kier alpha value is -3.10. The molecule has 1 spiro atoms. The second-order valence-corrected chi connectivity index (χ2v) is 13.3. The Balaban J connectivity index is 1.53. The predicted molar refractivity (Wildman–Crippen MR) is 170 cm³/mol. The van der Waals surface area contributed by atoms with Gasteiger partial charge in [-0.15, -0.1) is 24.9 Å². The monoisotopic (exact) mass is 589 g/mol. The van der Waals surface area contributed by atoms with Crippen molar-refractivity contribution in [3.8, 4) is 0 Å². The lowest BCUT2D eigenvalue weighted by atomic mass is 9.70. The molecule has 2 aromatic carbocycles. The number of amides is 3. The normalized spacial score (nSPS) is 26.0. The zero-order valence-corrected chi connectivity index (χ0v) is 25.4. The van der Waals surface area contributed by atoms with E-state index in [1.165, 1.54) is 0 Å². The summed E-state index contributed by atoms with van der Waals surface area (Å²) in [5, 5.41) is 11.5. The van der Waals surface area contributed by atoms with Crippen LogP contribution in [0.4, 0.5) is 5.69 Å². The number of fused-ring (bicyclic) bond motifs is 2. The van der Waals surface area contributed by atoms with E-state index in [1.54, 1.807) is 33.7 Å². The van der Waals surface area contributed by atoms with Gasteiger partial charge in [0.15, 0.2) is 0 Å². The van der Waals surface area contributed by atoms with Gasteiger partial charge in [-0.2, -0.15) is 0 Å². The first-order chi connectivity index (χ1) is 20.4. The van der Waals surface area contributed by atoms with Gasteiger partial charge in [-0.3, -0.25) is 14.4 Å². The van der Waals surface area contributed by atoms with Crippen LogP contribution in [0.2, 0.25) is 0 Å². The molecule has 5 rings (SSSR count). The molecule has 2 unspecified atom stereocenters. The zero-order chi connectivity index (χ0) is 29.9. The summed E-state index contributed by atoms with van der Waals surface area (Å²) in [6.07, 6.45) is 7.97. The van der Waals surface area contributed by atoms with Gasteiger partial charge in [0, 0.05) is 43.7 Å². The van der Waals surface area contributed by atoms with Crippen molar-refractivity contribution >= 4 is 45.9 Å². The van der Waals surface area contributed by atoms with E-state index in [0.717, 1.165) is 42.1 Å². The average molecular weight is 590 g/mol. The third-order valence-corrected chi connectivity index (χ3v) is 11.1. The third kappa shape index (κ3) is 5.28. The van der Waals surface area contributed by atoms with Gasteiger partial charge in [0.05, 0.1) is 16.6 Å². The number of rotatable bonds is 14. The van der Waals surface area contributed by atoms with Gasteiger partial charge in [-0.05, 0) is 61.4 Å². The summed E-state index contributed by atoms with van der Waals surface area (Å²) in [7, 11) is 0. The Morgan fingerprint density at radius 1 is 1.07 bits per heavy atom. The smallest absolute Gasteiger partial charge is 0.251 e. The molecule has 8 heteroatoms. The summed E-state index contributed by atoms with van der Waals surface area (Å²) < 4.78 is -0.640. The number of likely N-dealkylation sites (tertiary alicyclic amines) is 1. The van der Waals surface area contributed by atoms with Crippen LogP contribution in [0.15, 0.2) is 67.8 Å². The Morgan fingerprint density at radius 2 is 1.83 bits per heavy atom. The van der Waals surface area contributed by atoms with Crippen molar-refractivity contribution in [1.82, 2.24) is 9.80 Å². The Kier molecular flexibility index (Phi) is 9.43. The molecule has 1 N–H and O–H groups in total. The Bertz CT molecular complexity index is 1350. The number of benzene rings is 2. The van der Waals surface area contributed by atoms with Gasteiger partial charge in [-0.1, -0.05) is 49.4 Å². The van der Waals surface area contributed by atoms with Gasteiger partial charge in [-0.25, -0.2) is 0 Å². The molecule has 3 aliphatic heterocycles. The second-order valence-electron chi connectivity index (χ2n) is 11.7. The van der Waals surface area contributed by atoms with Crippen LogP contribution >= 0.6 is 11.8 Å². The maximum Gasteiger partial charge on any atom is 0.251 e. The number of thioether (sulfide) groups is 1. The fourth-order valence-electron chi connectivity index (χ4n) is 7.40. The summed E-state index contributed by atoms with van der Waals surface area (Å²) in [6.45, 7) is 11.8. The number of carbonyl (C=O) groups is 3. The van der Waals surface area contributed by atoms with E-state index < -0.39 is 22.6 Å². The highest BCUT2D eigenvalue weighted by molar-refractivity contribution is 8.02. The van der Waals surface area contributed by atoms with Crippen LogP contribution in [0.3, 0.4) is 0 Å². The molecule has 5 atom stereocenters. The van der Waals surface area contributed by atoms with Gasteiger partial charge >= 0.3 is 0 Å². The van der Waals surface area contributed by atoms with Crippen LogP contribution in [0.1, 0.15) is 45.4 Å². The Morgan fingerprint density at radius 3 is 2.55 bits per heavy atom.